The van der Waals surface area contributed by atoms with E-state index >= 15 is 0 Å². The highest BCUT2D eigenvalue weighted by Crippen LogP contribution is 2.30. The van der Waals surface area contributed by atoms with Crippen molar-refractivity contribution in [1.29, 1.82) is 0 Å². The largest absolute Gasteiger partial charge is 0.471 e. The monoisotopic (exact) mass is 332 g/mol. The van der Waals surface area contributed by atoms with E-state index in [0.29, 0.717) is 6.42 Å². The Morgan fingerprint density at radius 3 is 2.38 bits per heavy atom. The summed E-state index contributed by atoms with van der Waals surface area (Å²) < 4.78 is 36.9. The maximum Gasteiger partial charge on any atom is 0.471 e. The number of hydrogen-bond acceptors (Lipinski definition) is 1. The van der Waals surface area contributed by atoms with Crippen LogP contribution < -0.4 is 5.32 Å². The first-order valence-electron chi connectivity index (χ1n) is 7.47. The molecule has 3 nitrogen and oxygen atoms in total. The average Bonchev–Trinajstić information content (AvgIpc) is 2.94. The molecular formula is C18H15F3N2O. The van der Waals surface area contributed by atoms with E-state index in [1.54, 1.807) is 0 Å². The van der Waals surface area contributed by atoms with Gasteiger partial charge >= 0.3 is 12.1 Å². The van der Waals surface area contributed by atoms with Gasteiger partial charge in [-0.1, -0.05) is 48.5 Å². The van der Waals surface area contributed by atoms with Crippen LogP contribution in [-0.2, 0) is 11.2 Å². The van der Waals surface area contributed by atoms with Gasteiger partial charge in [0.1, 0.15) is 0 Å². The normalized spacial score (nSPS) is 11.6. The number of carbonyl (C=O) groups excluding carboxylic acids is 1. The lowest BCUT2D eigenvalue weighted by atomic mass is 10.0. The van der Waals surface area contributed by atoms with Gasteiger partial charge in [-0.2, -0.15) is 13.2 Å². The fraction of sp³-hybridized carbons (Fsp3) is 0.167. The molecule has 0 bridgehead atoms. The zero-order valence-electron chi connectivity index (χ0n) is 12.7. The second-order valence-corrected chi connectivity index (χ2v) is 5.39. The summed E-state index contributed by atoms with van der Waals surface area (Å²) in [4.78, 5) is 14.3. The Morgan fingerprint density at radius 2 is 1.67 bits per heavy atom. The molecule has 0 radical (unpaired) electrons. The highest BCUT2D eigenvalue weighted by atomic mass is 19.4. The maximum absolute atomic E-state index is 12.3. The lowest BCUT2D eigenvalue weighted by molar-refractivity contribution is -0.173. The van der Waals surface area contributed by atoms with Gasteiger partial charge < -0.3 is 10.3 Å². The molecule has 0 saturated carbocycles. The molecule has 2 aromatic carbocycles. The molecule has 0 fully saturated rings. The maximum atomic E-state index is 12.3. The van der Waals surface area contributed by atoms with Gasteiger partial charge in [-0.3, -0.25) is 4.79 Å². The molecule has 0 unspecified atom stereocenters. The Morgan fingerprint density at radius 1 is 1.00 bits per heavy atom. The molecule has 1 amide bonds. The Labute approximate surface area is 136 Å². The first-order chi connectivity index (χ1) is 11.5. The predicted octanol–water partition coefficient (Wildman–Crippen LogP) is 4.06. The number of fused-ring (bicyclic) bond motifs is 1. The van der Waals surface area contributed by atoms with E-state index in [1.807, 2.05) is 59.9 Å². The Bertz CT molecular complexity index is 854. The fourth-order valence-corrected chi connectivity index (χ4v) is 2.71. The number of nitrogens with one attached hydrogen (secondary N) is 2. The molecule has 0 aliphatic rings. The fourth-order valence-electron chi connectivity index (χ4n) is 2.71. The molecule has 124 valence electrons. The molecule has 0 spiro atoms. The smallest absolute Gasteiger partial charge is 0.354 e. The Balaban J connectivity index is 1.90. The minimum absolute atomic E-state index is 0.0833. The molecule has 3 aromatic rings. The van der Waals surface area contributed by atoms with Crippen molar-refractivity contribution in [3.8, 4) is 11.3 Å². The zero-order valence-corrected chi connectivity index (χ0v) is 12.7. The summed E-state index contributed by atoms with van der Waals surface area (Å²) in [5.74, 6) is -1.91. The molecule has 3 rings (SSSR count). The predicted molar refractivity (Wildman–Crippen MR) is 86.5 cm³/mol. The first kappa shape index (κ1) is 16.1. The van der Waals surface area contributed by atoms with E-state index in [1.165, 1.54) is 0 Å². The minimum atomic E-state index is -4.86. The summed E-state index contributed by atoms with van der Waals surface area (Å²) in [6.45, 7) is -0.0833. The summed E-state index contributed by atoms with van der Waals surface area (Å²) in [5, 5.41) is 2.87. The molecule has 2 N–H and O–H groups in total. The summed E-state index contributed by atoms with van der Waals surface area (Å²) in [5.41, 5.74) is 3.61. The van der Waals surface area contributed by atoms with Crippen molar-refractivity contribution in [2.24, 2.45) is 0 Å². The van der Waals surface area contributed by atoms with Gasteiger partial charge in [0, 0.05) is 23.1 Å². The van der Waals surface area contributed by atoms with Crippen LogP contribution in [-0.4, -0.2) is 23.6 Å². The van der Waals surface area contributed by atoms with Crippen LogP contribution in [0.25, 0.3) is 22.2 Å². The van der Waals surface area contributed by atoms with Crippen LogP contribution in [0.15, 0.2) is 54.6 Å². The lowest BCUT2D eigenvalue weighted by Gasteiger charge is -2.09. The van der Waals surface area contributed by atoms with E-state index < -0.39 is 12.1 Å². The average molecular weight is 332 g/mol. The minimum Gasteiger partial charge on any atom is -0.354 e. The number of benzene rings is 2. The third-order valence-corrected chi connectivity index (χ3v) is 3.79. The highest BCUT2D eigenvalue weighted by Gasteiger charge is 2.38. The molecule has 0 aliphatic heterocycles. The van der Waals surface area contributed by atoms with Gasteiger partial charge in [-0.15, -0.1) is 0 Å². The quantitative estimate of drug-likeness (QED) is 0.744. The van der Waals surface area contributed by atoms with E-state index in [4.69, 9.17) is 0 Å². The molecule has 6 heteroatoms. The molecule has 1 aromatic heterocycles. The Hall–Kier alpha value is -2.76. The van der Waals surface area contributed by atoms with Crippen molar-refractivity contribution in [3.05, 3.63) is 60.2 Å². The summed E-state index contributed by atoms with van der Waals surface area (Å²) >= 11 is 0. The number of para-hydroxylation sites is 1. The molecule has 24 heavy (non-hydrogen) atoms. The van der Waals surface area contributed by atoms with Gasteiger partial charge in [0.2, 0.25) is 0 Å². The van der Waals surface area contributed by atoms with Crippen LogP contribution in [0.2, 0.25) is 0 Å². The van der Waals surface area contributed by atoms with Crippen LogP contribution in [0.5, 0.6) is 0 Å². The first-order valence-corrected chi connectivity index (χ1v) is 7.47. The molecule has 0 aliphatic carbocycles. The van der Waals surface area contributed by atoms with Crippen molar-refractivity contribution in [1.82, 2.24) is 10.3 Å². The number of aromatic amines is 1. The van der Waals surface area contributed by atoms with Crippen molar-refractivity contribution in [2.45, 2.75) is 12.6 Å². The molecular weight excluding hydrogens is 317 g/mol. The van der Waals surface area contributed by atoms with Crippen LogP contribution in [0.1, 0.15) is 5.56 Å². The third-order valence-electron chi connectivity index (χ3n) is 3.79. The van der Waals surface area contributed by atoms with Crippen molar-refractivity contribution in [2.75, 3.05) is 6.54 Å². The lowest BCUT2D eigenvalue weighted by Crippen LogP contribution is -2.37. The molecule has 0 saturated heterocycles. The van der Waals surface area contributed by atoms with E-state index in [2.05, 4.69) is 4.98 Å². The number of carbonyl (C=O) groups is 1. The number of hydrogen-bond donors (Lipinski definition) is 2. The van der Waals surface area contributed by atoms with Gasteiger partial charge in [0.15, 0.2) is 0 Å². The number of halogens is 3. The van der Waals surface area contributed by atoms with E-state index in [9.17, 15) is 18.0 Å². The van der Waals surface area contributed by atoms with E-state index in [0.717, 1.165) is 27.7 Å². The zero-order chi connectivity index (χ0) is 17.2. The van der Waals surface area contributed by atoms with Crippen LogP contribution >= 0.6 is 0 Å². The summed E-state index contributed by atoms with van der Waals surface area (Å²) in [6.07, 6.45) is -4.56. The number of alkyl halides is 3. The third kappa shape index (κ3) is 3.27. The van der Waals surface area contributed by atoms with E-state index in [-0.39, 0.29) is 6.54 Å². The highest BCUT2D eigenvalue weighted by molar-refractivity contribution is 5.91. The van der Waals surface area contributed by atoms with Gasteiger partial charge in [-0.25, -0.2) is 0 Å². The summed E-state index contributed by atoms with van der Waals surface area (Å²) in [6, 6.07) is 17.2. The number of rotatable bonds is 4. The standard InChI is InChI=1S/C18H15F3N2O/c19-18(20,21)17(24)22-11-10-14-13-8-4-5-9-15(13)23-16(14)12-6-2-1-3-7-12/h1-9,23H,10-11H2,(H,22,24). The summed E-state index contributed by atoms with van der Waals surface area (Å²) in [7, 11) is 0. The topological polar surface area (TPSA) is 44.9 Å². The second kappa shape index (κ2) is 6.39. The van der Waals surface area contributed by atoms with Crippen molar-refractivity contribution < 1.29 is 18.0 Å². The number of amides is 1. The van der Waals surface area contributed by atoms with Gasteiger partial charge in [0.25, 0.3) is 0 Å². The van der Waals surface area contributed by atoms with Crippen LogP contribution in [0.4, 0.5) is 13.2 Å². The van der Waals surface area contributed by atoms with Crippen molar-refractivity contribution >= 4 is 16.8 Å². The molecule has 1 heterocycles. The molecule has 0 atom stereocenters. The van der Waals surface area contributed by atoms with Crippen LogP contribution in [0, 0.1) is 0 Å². The SMILES string of the molecule is O=C(NCCc1c(-c2ccccc2)[nH]c2ccccc12)C(F)(F)F. The van der Waals surface area contributed by atoms with Gasteiger partial charge in [-0.05, 0) is 23.6 Å². The Kier molecular flexibility index (Phi) is 4.29. The second-order valence-electron chi connectivity index (χ2n) is 5.39. The van der Waals surface area contributed by atoms with Gasteiger partial charge in [0.05, 0.1) is 0 Å². The van der Waals surface area contributed by atoms with Crippen LogP contribution in [0.3, 0.4) is 0 Å². The number of aromatic nitrogens is 1. The van der Waals surface area contributed by atoms with Crippen molar-refractivity contribution in [3.63, 3.8) is 0 Å². The number of H-pyrrole nitrogens is 1.